The molecule has 0 spiro atoms. The van der Waals surface area contributed by atoms with Crippen LogP contribution in [0.4, 0.5) is 5.69 Å². The van der Waals surface area contributed by atoms with Crippen molar-refractivity contribution in [2.45, 2.75) is 20.8 Å². The highest BCUT2D eigenvalue weighted by atomic mass is 79.9. The Bertz CT molecular complexity index is 704. The van der Waals surface area contributed by atoms with Crippen molar-refractivity contribution in [3.05, 3.63) is 69.3 Å². The quantitative estimate of drug-likeness (QED) is 0.617. The second kappa shape index (κ2) is 6.72. The molecule has 21 heavy (non-hydrogen) atoms. The lowest BCUT2D eigenvalue weighted by Gasteiger charge is -2.14. The summed E-state index contributed by atoms with van der Waals surface area (Å²) < 4.78 is 0.911. The van der Waals surface area contributed by atoms with E-state index in [-0.39, 0.29) is 0 Å². The maximum atomic E-state index is 11.5. The van der Waals surface area contributed by atoms with Crippen LogP contribution in [0.1, 0.15) is 23.6 Å². The van der Waals surface area contributed by atoms with Crippen LogP contribution in [0.3, 0.4) is 0 Å². The highest BCUT2D eigenvalue weighted by Gasteiger charge is 2.09. The van der Waals surface area contributed by atoms with E-state index in [1.165, 1.54) is 5.56 Å². The maximum Gasteiger partial charge on any atom is 0.152 e. The van der Waals surface area contributed by atoms with Crippen LogP contribution >= 0.6 is 15.9 Å². The standard InChI is InChI=1S/C18H18BrNO/c1-12-8-9-13(2)18(10-12)20-14(3)16(11-21)15-6-4-5-7-17(15)19/h4-11,20H,1-3H3/b16-14-. The highest BCUT2D eigenvalue weighted by molar-refractivity contribution is 9.10. The number of carbonyl (C=O) groups is 1. The van der Waals surface area contributed by atoms with Gasteiger partial charge in [0.05, 0.1) is 0 Å². The zero-order valence-electron chi connectivity index (χ0n) is 12.4. The van der Waals surface area contributed by atoms with Crippen molar-refractivity contribution in [3.8, 4) is 0 Å². The molecule has 0 radical (unpaired) electrons. The van der Waals surface area contributed by atoms with Crippen LogP contribution < -0.4 is 5.32 Å². The zero-order chi connectivity index (χ0) is 15.4. The number of nitrogens with one attached hydrogen (secondary N) is 1. The molecule has 108 valence electrons. The summed E-state index contributed by atoms with van der Waals surface area (Å²) in [5, 5.41) is 3.36. The van der Waals surface area contributed by atoms with Gasteiger partial charge in [0.2, 0.25) is 0 Å². The minimum atomic E-state index is 0.656. The summed E-state index contributed by atoms with van der Waals surface area (Å²) in [6, 6.07) is 14.0. The predicted molar refractivity (Wildman–Crippen MR) is 92.3 cm³/mol. The molecule has 0 fully saturated rings. The lowest BCUT2D eigenvalue weighted by atomic mass is 10.0. The fourth-order valence-electron chi connectivity index (χ4n) is 2.17. The summed E-state index contributed by atoms with van der Waals surface area (Å²) in [6.07, 6.45) is 0.896. The van der Waals surface area contributed by atoms with E-state index < -0.39 is 0 Å². The fourth-order valence-corrected chi connectivity index (χ4v) is 2.67. The van der Waals surface area contributed by atoms with Gasteiger partial charge in [-0.05, 0) is 44.0 Å². The first-order valence-electron chi connectivity index (χ1n) is 6.78. The molecule has 2 aromatic carbocycles. The normalized spacial score (nSPS) is 11.8. The van der Waals surface area contributed by atoms with E-state index >= 15 is 0 Å². The molecule has 2 aromatic rings. The first kappa shape index (κ1) is 15.5. The van der Waals surface area contributed by atoms with E-state index in [1.54, 1.807) is 0 Å². The summed E-state index contributed by atoms with van der Waals surface area (Å²) in [6.45, 7) is 6.02. The van der Waals surface area contributed by atoms with Gasteiger partial charge in [0, 0.05) is 27.0 Å². The summed E-state index contributed by atoms with van der Waals surface area (Å²) in [7, 11) is 0. The van der Waals surface area contributed by atoms with Gasteiger partial charge in [-0.1, -0.05) is 46.3 Å². The average Bonchev–Trinajstić information content (AvgIpc) is 2.46. The molecule has 0 saturated heterocycles. The van der Waals surface area contributed by atoms with E-state index in [0.717, 1.165) is 33.3 Å². The zero-order valence-corrected chi connectivity index (χ0v) is 14.0. The van der Waals surface area contributed by atoms with Gasteiger partial charge < -0.3 is 5.32 Å². The number of aldehydes is 1. The number of hydrogen-bond donors (Lipinski definition) is 1. The topological polar surface area (TPSA) is 29.1 Å². The third kappa shape index (κ3) is 3.61. The van der Waals surface area contributed by atoms with Crippen molar-refractivity contribution in [2.24, 2.45) is 0 Å². The summed E-state index contributed by atoms with van der Waals surface area (Å²) in [5.74, 6) is 0. The average molecular weight is 344 g/mol. The van der Waals surface area contributed by atoms with Crippen molar-refractivity contribution >= 4 is 33.5 Å². The van der Waals surface area contributed by atoms with E-state index in [9.17, 15) is 4.79 Å². The number of anilines is 1. The SMILES string of the molecule is C/C(Nc1cc(C)ccc1C)=C(\C=O)c1ccccc1Br. The molecule has 3 heteroatoms. The first-order valence-corrected chi connectivity index (χ1v) is 7.57. The van der Waals surface area contributed by atoms with Gasteiger partial charge in [-0.2, -0.15) is 0 Å². The smallest absolute Gasteiger partial charge is 0.152 e. The largest absolute Gasteiger partial charge is 0.358 e. The van der Waals surface area contributed by atoms with Crippen molar-refractivity contribution in [1.82, 2.24) is 0 Å². The molecule has 0 bridgehead atoms. The molecule has 0 aliphatic carbocycles. The van der Waals surface area contributed by atoms with Gasteiger partial charge >= 0.3 is 0 Å². The monoisotopic (exact) mass is 343 g/mol. The van der Waals surface area contributed by atoms with Gasteiger partial charge in [-0.3, -0.25) is 4.79 Å². The van der Waals surface area contributed by atoms with E-state index in [2.05, 4.69) is 46.4 Å². The third-order valence-corrected chi connectivity index (χ3v) is 4.09. The fraction of sp³-hybridized carbons (Fsp3) is 0.167. The van der Waals surface area contributed by atoms with Crippen LogP contribution in [-0.4, -0.2) is 6.29 Å². The maximum absolute atomic E-state index is 11.5. The molecule has 0 atom stereocenters. The molecule has 0 aromatic heterocycles. The Morgan fingerprint density at radius 2 is 1.86 bits per heavy atom. The Morgan fingerprint density at radius 1 is 1.14 bits per heavy atom. The number of halogens is 1. The third-order valence-electron chi connectivity index (χ3n) is 3.40. The molecule has 0 unspecified atom stereocenters. The lowest BCUT2D eigenvalue weighted by molar-refractivity contribution is -0.103. The van der Waals surface area contributed by atoms with Gasteiger partial charge in [0.15, 0.2) is 6.29 Å². The number of hydrogen-bond acceptors (Lipinski definition) is 2. The van der Waals surface area contributed by atoms with Crippen molar-refractivity contribution in [3.63, 3.8) is 0 Å². The van der Waals surface area contributed by atoms with Gasteiger partial charge in [0.1, 0.15) is 0 Å². The van der Waals surface area contributed by atoms with Crippen LogP contribution in [0.25, 0.3) is 5.57 Å². The predicted octanol–water partition coefficient (Wildman–Crippen LogP) is 5.11. The van der Waals surface area contributed by atoms with Gasteiger partial charge in [0.25, 0.3) is 0 Å². The highest BCUT2D eigenvalue weighted by Crippen LogP contribution is 2.27. The molecular weight excluding hydrogens is 326 g/mol. The van der Waals surface area contributed by atoms with E-state index in [1.807, 2.05) is 38.1 Å². The van der Waals surface area contributed by atoms with Crippen LogP contribution in [0.15, 0.2) is 52.6 Å². The summed E-state index contributed by atoms with van der Waals surface area (Å²) >= 11 is 3.50. The van der Waals surface area contributed by atoms with Crippen LogP contribution in [0, 0.1) is 13.8 Å². The Labute approximate surface area is 134 Å². The minimum Gasteiger partial charge on any atom is -0.358 e. The Kier molecular flexibility index (Phi) is 4.97. The van der Waals surface area contributed by atoms with Crippen LogP contribution in [0.5, 0.6) is 0 Å². The molecular formula is C18H18BrNO. The van der Waals surface area contributed by atoms with Crippen LogP contribution in [-0.2, 0) is 4.79 Å². The van der Waals surface area contributed by atoms with E-state index in [0.29, 0.717) is 5.57 Å². The van der Waals surface area contributed by atoms with Gasteiger partial charge in [-0.15, -0.1) is 0 Å². The summed E-state index contributed by atoms with van der Waals surface area (Å²) in [4.78, 5) is 11.5. The second-order valence-electron chi connectivity index (χ2n) is 5.08. The molecule has 0 aliphatic heterocycles. The van der Waals surface area contributed by atoms with Crippen molar-refractivity contribution in [2.75, 3.05) is 5.32 Å². The number of rotatable bonds is 4. The van der Waals surface area contributed by atoms with Crippen molar-refractivity contribution in [1.29, 1.82) is 0 Å². The molecule has 1 N–H and O–H groups in total. The molecule has 0 aliphatic rings. The molecule has 0 saturated carbocycles. The Hall–Kier alpha value is -1.87. The van der Waals surface area contributed by atoms with E-state index in [4.69, 9.17) is 0 Å². The molecule has 2 rings (SSSR count). The van der Waals surface area contributed by atoms with Gasteiger partial charge in [-0.25, -0.2) is 0 Å². The van der Waals surface area contributed by atoms with Crippen molar-refractivity contribution < 1.29 is 4.79 Å². The number of allylic oxidation sites excluding steroid dienone is 2. The molecule has 0 amide bonds. The van der Waals surface area contributed by atoms with Crippen LogP contribution in [0.2, 0.25) is 0 Å². The summed E-state index contributed by atoms with van der Waals surface area (Å²) in [5.41, 5.74) is 5.75. The Morgan fingerprint density at radius 3 is 2.52 bits per heavy atom. The number of carbonyl (C=O) groups excluding carboxylic acids is 1. The number of benzene rings is 2. The lowest BCUT2D eigenvalue weighted by Crippen LogP contribution is -2.03. The first-order chi connectivity index (χ1) is 10.0. The molecule has 2 nitrogen and oxygen atoms in total. The Balaban J connectivity index is 2.43. The number of aryl methyl sites for hydroxylation is 2. The minimum absolute atomic E-state index is 0.656. The second-order valence-corrected chi connectivity index (χ2v) is 5.93. The molecule has 0 heterocycles.